The van der Waals surface area contributed by atoms with Crippen molar-refractivity contribution in [3.8, 4) is 11.1 Å². The molecule has 100 valence electrons. The Kier molecular flexibility index (Phi) is 4.33. The van der Waals surface area contributed by atoms with Crippen LogP contribution in [0.1, 0.15) is 22.3 Å². The van der Waals surface area contributed by atoms with Crippen LogP contribution in [-0.2, 0) is 0 Å². The molecule has 2 rings (SSSR count). The summed E-state index contributed by atoms with van der Waals surface area (Å²) in [4.78, 5) is 0. The molecule has 0 aliphatic rings. The summed E-state index contributed by atoms with van der Waals surface area (Å²) >= 11 is 0. The molecule has 0 unspecified atom stereocenters. The Labute approximate surface area is 114 Å². The van der Waals surface area contributed by atoms with E-state index in [1.165, 1.54) is 0 Å². The zero-order valence-corrected chi connectivity index (χ0v) is 18.9. The van der Waals surface area contributed by atoms with Crippen LogP contribution in [0.4, 0.5) is 0 Å². The second-order valence-electron chi connectivity index (χ2n) is 5.14. The number of hydrogen-bond acceptors (Lipinski definition) is 2. The van der Waals surface area contributed by atoms with E-state index in [2.05, 4.69) is 18.2 Å². The SMILES string of the molecule is Cc1[c-]c(C)cc(-c2c(C)cc(B(O)O)cc2C)c1.[Rf]. The summed E-state index contributed by atoms with van der Waals surface area (Å²) in [5, 5.41) is 18.5. The van der Waals surface area contributed by atoms with Gasteiger partial charge in [-0.15, -0.1) is 5.56 Å². The van der Waals surface area contributed by atoms with Crippen molar-refractivity contribution < 1.29 is 10.0 Å². The second-order valence-corrected chi connectivity index (χ2v) is 5.14. The average Bonchev–Trinajstić information content (AvgIpc) is 2.26. The molecule has 0 fully saturated rings. The molecule has 20 heavy (non-hydrogen) atoms. The number of benzene rings is 2. The van der Waals surface area contributed by atoms with Crippen LogP contribution < -0.4 is 5.46 Å². The van der Waals surface area contributed by atoms with Crippen molar-refractivity contribution in [1.82, 2.24) is 0 Å². The molecule has 0 saturated carbocycles. The van der Waals surface area contributed by atoms with Gasteiger partial charge in [0.2, 0.25) is 0 Å². The van der Waals surface area contributed by atoms with Crippen molar-refractivity contribution in [3.05, 3.63) is 52.6 Å². The van der Waals surface area contributed by atoms with E-state index in [4.69, 9.17) is 0 Å². The average molecular weight is 520 g/mol. The fourth-order valence-corrected chi connectivity index (χ4v) is 2.64. The Morgan fingerprint density at radius 1 is 0.850 bits per heavy atom. The van der Waals surface area contributed by atoms with E-state index in [0.717, 1.165) is 33.4 Å². The quantitative estimate of drug-likeness (QED) is 0.471. The van der Waals surface area contributed by atoms with Crippen LogP contribution in [0.5, 0.6) is 0 Å². The first-order valence-electron chi connectivity index (χ1n) is 6.36. The molecule has 0 aromatic heterocycles. The second kappa shape index (κ2) is 5.60. The molecule has 0 saturated heterocycles. The predicted molar refractivity (Wildman–Crippen MR) is 79.5 cm³/mol. The van der Waals surface area contributed by atoms with Gasteiger partial charge in [-0.05, 0) is 36.0 Å². The first kappa shape index (κ1) is 15.5. The van der Waals surface area contributed by atoms with E-state index in [1.807, 2.05) is 39.8 Å². The van der Waals surface area contributed by atoms with Gasteiger partial charge in [0.25, 0.3) is 0 Å². The monoisotopic (exact) mass is 520 g/mol. The zero-order chi connectivity index (χ0) is 14.2. The van der Waals surface area contributed by atoms with Crippen molar-refractivity contribution in [2.75, 3.05) is 0 Å². The maximum absolute atomic E-state index is 9.27. The maximum Gasteiger partial charge on any atom is 0.488 e. The molecule has 0 aliphatic carbocycles. The number of aryl methyl sites for hydroxylation is 4. The molecule has 0 amide bonds. The van der Waals surface area contributed by atoms with Crippen molar-refractivity contribution in [1.29, 1.82) is 0 Å². The standard InChI is InChI=1S/C16H18BO2.Rf/c1-10-5-11(2)7-14(6-10)16-12(3)8-15(17(18)19)9-13(16)4;/h6-9,18-19H,1-4H3;/q-1;. The van der Waals surface area contributed by atoms with Crippen LogP contribution in [0.3, 0.4) is 0 Å². The van der Waals surface area contributed by atoms with Crippen LogP contribution >= 0.6 is 0 Å². The van der Waals surface area contributed by atoms with E-state index in [0.29, 0.717) is 5.46 Å². The topological polar surface area (TPSA) is 40.5 Å². The smallest absolute Gasteiger partial charge is 0.423 e. The maximum atomic E-state index is 9.27. The molecule has 2 aromatic rings. The first-order chi connectivity index (χ1) is 8.88. The van der Waals surface area contributed by atoms with Crippen LogP contribution in [0.2, 0.25) is 0 Å². The predicted octanol–water partition coefficient (Wildman–Crippen LogP) is 2.07. The molecule has 2 N–H and O–H groups in total. The van der Waals surface area contributed by atoms with Crippen LogP contribution in [0.25, 0.3) is 11.1 Å². The van der Waals surface area contributed by atoms with Gasteiger partial charge in [-0.2, -0.15) is 29.3 Å². The van der Waals surface area contributed by atoms with Gasteiger partial charge in [-0.25, -0.2) is 0 Å². The van der Waals surface area contributed by atoms with Gasteiger partial charge in [0.1, 0.15) is 0 Å². The summed E-state index contributed by atoms with van der Waals surface area (Å²) in [5.41, 5.74) is 7.17. The Morgan fingerprint density at radius 3 is 1.70 bits per heavy atom. The van der Waals surface area contributed by atoms with Gasteiger partial charge in [0.15, 0.2) is 0 Å². The van der Waals surface area contributed by atoms with E-state index in [-0.39, 0.29) is 0 Å². The number of hydrogen-bond donors (Lipinski definition) is 2. The molecule has 4 heteroatoms. The molecule has 0 bridgehead atoms. The minimum Gasteiger partial charge on any atom is -0.423 e. The normalized spacial score (nSPS) is 10.1. The molecule has 0 atom stereocenters. The van der Waals surface area contributed by atoms with Gasteiger partial charge >= 0.3 is 7.12 Å². The fraction of sp³-hybridized carbons (Fsp3) is 0.250. The molecule has 0 spiro atoms. The summed E-state index contributed by atoms with van der Waals surface area (Å²) in [6.07, 6.45) is 0. The van der Waals surface area contributed by atoms with Crippen molar-refractivity contribution in [2.45, 2.75) is 27.7 Å². The Hall–Kier alpha value is -2.58. The van der Waals surface area contributed by atoms with Crippen LogP contribution in [-0.4, -0.2) is 17.2 Å². The Balaban J connectivity index is 0.00000200. The Morgan fingerprint density at radius 2 is 1.30 bits per heavy atom. The molecule has 0 radical (unpaired) electrons. The van der Waals surface area contributed by atoms with Crippen LogP contribution in [0.15, 0.2) is 24.3 Å². The third-order valence-corrected chi connectivity index (χ3v) is 3.28. The largest absolute Gasteiger partial charge is 0.488 e. The van der Waals surface area contributed by atoms with Gasteiger partial charge in [0.05, 0.1) is 0 Å². The zero-order valence-electron chi connectivity index (χ0n) is 12.5. The van der Waals surface area contributed by atoms with Crippen molar-refractivity contribution in [3.63, 3.8) is 0 Å². The molecular formula is C16H18BO2Rf-. The van der Waals surface area contributed by atoms with E-state index in [1.54, 1.807) is 0 Å². The third-order valence-electron chi connectivity index (χ3n) is 3.28. The van der Waals surface area contributed by atoms with Crippen molar-refractivity contribution >= 4 is 12.6 Å². The van der Waals surface area contributed by atoms with Gasteiger partial charge < -0.3 is 10.0 Å². The number of rotatable bonds is 2. The van der Waals surface area contributed by atoms with Crippen LogP contribution in [0, 0.1) is 33.8 Å². The molecule has 0 aliphatic heterocycles. The van der Waals surface area contributed by atoms with Gasteiger partial charge in [0, 0.05) is 0 Å². The van der Waals surface area contributed by atoms with Gasteiger partial charge in [-0.1, -0.05) is 26.0 Å². The minimum absolute atomic E-state index is 0. The Bertz CT molecular complexity index is 581. The molecule has 2 nitrogen and oxygen atoms in total. The minimum atomic E-state index is -1.42. The fourth-order valence-electron chi connectivity index (χ4n) is 2.64. The van der Waals surface area contributed by atoms with Crippen molar-refractivity contribution in [2.24, 2.45) is 0 Å². The summed E-state index contributed by atoms with van der Waals surface area (Å²) in [6.45, 7) is 8.06. The summed E-state index contributed by atoms with van der Waals surface area (Å²) < 4.78 is 0. The molecular weight excluding hydrogens is 502 g/mol. The van der Waals surface area contributed by atoms with Gasteiger partial charge in [-0.3, -0.25) is 0 Å². The van der Waals surface area contributed by atoms with E-state index < -0.39 is 7.12 Å². The summed E-state index contributed by atoms with van der Waals surface area (Å²) in [5.74, 6) is 0. The molecule has 0 heterocycles. The van der Waals surface area contributed by atoms with E-state index >= 15 is 0 Å². The van der Waals surface area contributed by atoms with E-state index in [9.17, 15) is 10.0 Å². The molecule has 2 aromatic carbocycles. The first-order valence-corrected chi connectivity index (χ1v) is 6.36. The third kappa shape index (κ3) is 2.87. The summed E-state index contributed by atoms with van der Waals surface area (Å²) in [7, 11) is -1.42. The summed E-state index contributed by atoms with van der Waals surface area (Å²) in [6, 6.07) is 11.1.